The van der Waals surface area contributed by atoms with E-state index in [4.69, 9.17) is 16.4 Å². The Kier molecular flexibility index (Phi) is 6.23. The summed E-state index contributed by atoms with van der Waals surface area (Å²) in [6.45, 7) is 9.12. The third kappa shape index (κ3) is 4.23. The number of aliphatic hydroxyl groups excluding tert-OH is 1. The van der Waals surface area contributed by atoms with Crippen molar-refractivity contribution in [2.75, 3.05) is 0 Å². The van der Waals surface area contributed by atoms with Crippen molar-refractivity contribution in [3.05, 3.63) is 83.5 Å². The fourth-order valence-electron chi connectivity index (χ4n) is 4.21. The van der Waals surface area contributed by atoms with Crippen LogP contribution in [-0.4, -0.2) is 20.9 Å². The summed E-state index contributed by atoms with van der Waals surface area (Å²) in [6, 6.07) is 18.2. The maximum atomic E-state index is 10.2. The fourth-order valence-corrected chi connectivity index (χ4v) is 4.21. The molecule has 32 heavy (non-hydrogen) atoms. The smallest absolute Gasteiger partial charge is 0.155 e. The van der Waals surface area contributed by atoms with Gasteiger partial charge in [-0.2, -0.15) is 0 Å². The summed E-state index contributed by atoms with van der Waals surface area (Å²) >= 11 is 0. The van der Waals surface area contributed by atoms with Gasteiger partial charge in [-0.05, 0) is 43.7 Å². The average Bonchev–Trinajstić information content (AvgIpc) is 2.76. The van der Waals surface area contributed by atoms with Crippen molar-refractivity contribution in [3.63, 3.8) is 0 Å². The number of benzene rings is 2. The van der Waals surface area contributed by atoms with Gasteiger partial charge >= 0.3 is 0 Å². The standard InChI is InChI=1S/C22H17N2.C5H8O2.Ir/c1-13-10-16-8-9-23-20-17-11-14-6-4-5-7-15(14)12-18(17)22(2,3)21(24-13)19(16)20;1-4(6)3-5(2)7;/h4-10,12H,1-3H3;3,6H,1-2H3;/q-1;;/b;4-3-;/i;3D;. The number of carbonyl (C=O) groups is 1. The summed E-state index contributed by atoms with van der Waals surface area (Å²) in [4.78, 5) is 19.8. The van der Waals surface area contributed by atoms with E-state index >= 15 is 0 Å². The zero-order valence-electron chi connectivity index (χ0n) is 19.7. The number of hydrogen-bond donors (Lipinski definition) is 1. The third-order valence-electron chi connectivity index (χ3n) is 5.52. The van der Waals surface area contributed by atoms with E-state index in [9.17, 15) is 4.79 Å². The van der Waals surface area contributed by atoms with Gasteiger partial charge < -0.3 is 5.11 Å². The van der Waals surface area contributed by atoms with Gasteiger partial charge in [-0.3, -0.25) is 14.8 Å². The molecule has 4 nitrogen and oxygen atoms in total. The van der Waals surface area contributed by atoms with Crippen molar-refractivity contribution in [2.45, 2.75) is 40.0 Å². The number of pyridine rings is 2. The van der Waals surface area contributed by atoms with E-state index in [2.05, 4.69) is 69.3 Å². The molecule has 2 heterocycles. The number of aromatic nitrogens is 2. The topological polar surface area (TPSA) is 63.1 Å². The van der Waals surface area contributed by atoms with Gasteiger partial charge in [0.15, 0.2) is 5.78 Å². The molecule has 0 bridgehead atoms. The maximum Gasteiger partial charge on any atom is 0.155 e. The number of aryl methyl sites for hydroxylation is 1. The number of nitrogens with zero attached hydrogens (tertiary/aromatic N) is 2. The molecule has 0 saturated heterocycles. The molecule has 0 aliphatic heterocycles. The molecule has 0 atom stereocenters. The second-order valence-electron chi connectivity index (χ2n) is 8.41. The van der Waals surface area contributed by atoms with Crippen molar-refractivity contribution in [2.24, 2.45) is 0 Å². The van der Waals surface area contributed by atoms with Gasteiger partial charge in [0.05, 0.1) is 7.13 Å². The van der Waals surface area contributed by atoms with Crippen molar-refractivity contribution >= 4 is 27.3 Å². The summed E-state index contributed by atoms with van der Waals surface area (Å²) in [5.41, 5.74) is 5.38. The summed E-state index contributed by atoms with van der Waals surface area (Å²) in [7, 11) is 0. The van der Waals surface area contributed by atoms with Crippen LogP contribution in [0.4, 0.5) is 0 Å². The molecule has 1 radical (unpaired) electrons. The number of hydrogen-bond acceptors (Lipinski definition) is 4. The first-order valence-corrected chi connectivity index (χ1v) is 10.2. The quantitative estimate of drug-likeness (QED) is 0.159. The van der Waals surface area contributed by atoms with Crippen LogP contribution in [0, 0.1) is 13.0 Å². The summed E-state index contributed by atoms with van der Waals surface area (Å²) in [6.07, 6.45) is 1.89. The first-order valence-electron chi connectivity index (χ1n) is 10.7. The predicted octanol–water partition coefficient (Wildman–Crippen LogP) is 6.23. The van der Waals surface area contributed by atoms with E-state index < -0.39 is 5.78 Å². The van der Waals surface area contributed by atoms with Gasteiger partial charge in [-0.25, -0.2) is 0 Å². The van der Waals surface area contributed by atoms with Gasteiger partial charge in [0.1, 0.15) is 0 Å². The van der Waals surface area contributed by atoms with Crippen LogP contribution in [0.5, 0.6) is 0 Å². The number of allylic oxidation sites excluding steroid dienone is 2. The minimum atomic E-state index is -0.412. The van der Waals surface area contributed by atoms with Gasteiger partial charge in [-0.1, -0.05) is 48.6 Å². The van der Waals surface area contributed by atoms with E-state index in [0.29, 0.717) is 0 Å². The Morgan fingerprint density at radius 3 is 2.53 bits per heavy atom. The van der Waals surface area contributed by atoms with Gasteiger partial charge in [0.25, 0.3) is 0 Å². The Morgan fingerprint density at radius 2 is 1.88 bits per heavy atom. The molecule has 0 fully saturated rings. The monoisotopic (exact) mass is 603 g/mol. The molecule has 5 rings (SSSR count). The van der Waals surface area contributed by atoms with E-state index in [1.165, 1.54) is 35.6 Å². The summed E-state index contributed by atoms with van der Waals surface area (Å²) < 4.78 is 6.76. The van der Waals surface area contributed by atoms with Crippen molar-refractivity contribution < 1.29 is 31.4 Å². The predicted molar refractivity (Wildman–Crippen MR) is 125 cm³/mol. The molecule has 0 unspecified atom stereocenters. The van der Waals surface area contributed by atoms with E-state index in [0.717, 1.165) is 28.0 Å². The summed E-state index contributed by atoms with van der Waals surface area (Å²) in [5.74, 6) is -0.637. The fraction of sp³-hybridized carbons (Fsp3) is 0.222. The second kappa shape index (κ2) is 8.93. The number of fused-ring (bicyclic) bond motifs is 3. The Bertz CT molecular complexity index is 1420. The van der Waals surface area contributed by atoms with E-state index in [-0.39, 0.29) is 37.3 Å². The molecule has 4 aromatic rings. The van der Waals surface area contributed by atoms with Crippen LogP contribution in [0.2, 0.25) is 0 Å². The van der Waals surface area contributed by atoms with Gasteiger partial charge in [-0.15, -0.1) is 23.6 Å². The normalized spacial score (nSPS) is 14.3. The molecule has 1 N–H and O–H groups in total. The van der Waals surface area contributed by atoms with Crippen LogP contribution in [0.15, 0.2) is 60.5 Å². The Labute approximate surface area is 203 Å². The molecule has 1 aliphatic carbocycles. The number of rotatable bonds is 1. The number of aliphatic hydroxyl groups is 1. The van der Waals surface area contributed by atoms with E-state index in [1.807, 2.05) is 6.20 Å². The van der Waals surface area contributed by atoms with Crippen LogP contribution in [0.25, 0.3) is 32.8 Å². The van der Waals surface area contributed by atoms with Crippen molar-refractivity contribution in [1.82, 2.24) is 9.97 Å². The molecule has 0 spiro atoms. The van der Waals surface area contributed by atoms with Gasteiger partial charge in [0.2, 0.25) is 0 Å². The van der Waals surface area contributed by atoms with Gasteiger partial charge in [0, 0.05) is 54.9 Å². The minimum absolute atomic E-state index is 0. The Hall–Kier alpha value is -2.88. The van der Waals surface area contributed by atoms with Crippen molar-refractivity contribution in [3.8, 4) is 11.3 Å². The Balaban J connectivity index is 0.000000297. The molecule has 2 aromatic heterocycles. The SMILES string of the molecule is Cc1cc2ccnc3c2c(n1)C(C)(C)c1cc2ccccc2[c-]c1-3.[2H]/C(C(C)=O)=C(\C)O.[Ir]. The zero-order valence-corrected chi connectivity index (χ0v) is 21.1. The van der Waals surface area contributed by atoms with Crippen LogP contribution >= 0.6 is 0 Å². The second-order valence-corrected chi connectivity index (χ2v) is 8.41. The Morgan fingerprint density at radius 1 is 1.16 bits per heavy atom. The molecular weight excluding hydrogens is 577 g/mol. The molecule has 5 heteroatoms. The van der Waals surface area contributed by atoms with Crippen LogP contribution in [-0.2, 0) is 30.3 Å². The van der Waals surface area contributed by atoms with Crippen LogP contribution in [0.3, 0.4) is 0 Å². The first kappa shape index (κ1) is 22.3. The number of carbonyl (C=O) groups excluding carboxylic acids is 1. The molecule has 165 valence electrons. The first-order chi connectivity index (χ1) is 15.1. The molecular formula is C27H25IrN2O2-. The van der Waals surface area contributed by atoms with Crippen molar-refractivity contribution in [1.29, 1.82) is 0 Å². The molecule has 0 saturated carbocycles. The third-order valence-corrected chi connectivity index (χ3v) is 5.52. The molecule has 2 aromatic carbocycles. The zero-order chi connectivity index (χ0) is 23.2. The average molecular weight is 603 g/mol. The molecule has 1 aliphatic rings. The number of ketones is 1. The van der Waals surface area contributed by atoms with Crippen LogP contribution < -0.4 is 0 Å². The van der Waals surface area contributed by atoms with Crippen LogP contribution in [0.1, 0.15) is 46.0 Å². The maximum absolute atomic E-state index is 10.2. The largest absolute Gasteiger partial charge is 0.512 e. The van der Waals surface area contributed by atoms with E-state index in [1.54, 1.807) is 0 Å². The molecule has 0 amide bonds. The minimum Gasteiger partial charge on any atom is -0.512 e. The summed E-state index contributed by atoms with van der Waals surface area (Å²) in [5, 5.41) is 13.2.